The third kappa shape index (κ3) is 4.89. The maximum atomic E-state index is 12.4. The average molecular weight is 385 g/mol. The zero-order valence-electron chi connectivity index (χ0n) is 18.3. The summed E-state index contributed by atoms with van der Waals surface area (Å²) in [6.07, 6.45) is 1.73. The number of nitrogens with one attached hydrogen (secondary N) is 1. The van der Waals surface area contributed by atoms with Gasteiger partial charge in [0.2, 0.25) is 5.78 Å². The lowest BCUT2D eigenvalue weighted by atomic mass is 9.90. The Morgan fingerprint density at radius 3 is 2.32 bits per heavy atom. The van der Waals surface area contributed by atoms with Crippen LogP contribution in [0.5, 0.6) is 0 Å². The number of esters is 1. The molecule has 0 amide bonds. The summed E-state index contributed by atoms with van der Waals surface area (Å²) in [5, 5.41) is 0. The van der Waals surface area contributed by atoms with E-state index in [1.54, 1.807) is 6.20 Å². The number of nitrogens with zero attached hydrogens (tertiary/aromatic N) is 1. The first kappa shape index (κ1) is 21.9. The second-order valence-corrected chi connectivity index (χ2v) is 9.45. The lowest BCUT2D eigenvalue weighted by Gasteiger charge is -2.19. The van der Waals surface area contributed by atoms with Gasteiger partial charge in [-0.1, -0.05) is 45.9 Å². The van der Waals surface area contributed by atoms with Crippen molar-refractivity contribution in [2.75, 3.05) is 0 Å². The van der Waals surface area contributed by atoms with E-state index in [1.165, 1.54) is 0 Å². The van der Waals surface area contributed by atoms with Gasteiger partial charge in [-0.05, 0) is 44.4 Å². The van der Waals surface area contributed by atoms with Crippen LogP contribution < -0.4 is 0 Å². The third-order valence-electron chi connectivity index (χ3n) is 4.88. The van der Waals surface area contributed by atoms with Crippen LogP contribution in [0.4, 0.5) is 0 Å². The summed E-state index contributed by atoms with van der Waals surface area (Å²) in [5.41, 5.74) is 3.06. The Bertz CT molecular complexity index is 867. The Labute approximate surface area is 167 Å². The molecule has 1 aromatic carbocycles. The van der Waals surface area contributed by atoms with Crippen LogP contribution in [0.2, 0.25) is 0 Å². The number of rotatable bonds is 5. The summed E-state index contributed by atoms with van der Waals surface area (Å²) in [6, 6.07) is 6.00. The molecule has 5 nitrogen and oxygen atoms in total. The predicted molar refractivity (Wildman–Crippen MR) is 110 cm³/mol. The van der Waals surface area contributed by atoms with Crippen LogP contribution in [0.15, 0.2) is 24.4 Å². The highest BCUT2D eigenvalue weighted by molar-refractivity contribution is 5.96. The first-order valence-electron chi connectivity index (χ1n) is 9.67. The van der Waals surface area contributed by atoms with Crippen molar-refractivity contribution < 1.29 is 14.3 Å². The van der Waals surface area contributed by atoms with E-state index in [2.05, 4.69) is 23.0 Å². The van der Waals surface area contributed by atoms with E-state index >= 15 is 0 Å². The molecule has 0 aliphatic heterocycles. The fourth-order valence-electron chi connectivity index (χ4n) is 2.88. The van der Waals surface area contributed by atoms with Crippen LogP contribution in [0, 0.1) is 17.8 Å². The highest BCUT2D eigenvalue weighted by atomic mass is 16.5. The monoisotopic (exact) mass is 384 g/mol. The van der Waals surface area contributed by atoms with Gasteiger partial charge >= 0.3 is 5.97 Å². The van der Waals surface area contributed by atoms with Crippen molar-refractivity contribution in [2.24, 2.45) is 10.8 Å². The van der Waals surface area contributed by atoms with Gasteiger partial charge in [-0.25, -0.2) is 4.98 Å². The van der Waals surface area contributed by atoms with Gasteiger partial charge in [-0.3, -0.25) is 9.59 Å². The van der Waals surface area contributed by atoms with Crippen molar-refractivity contribution in [3.8, 4) is 0 Å². The molecule has 2 aromatic rings. The van der Waals surface area contributed by atoms with Gasteiger partial charge in [0.25, 0.3) is 0 Å². The van der Waals surface area contributed by atoms with E-state index in [1.807, 2.05) is 60.6 Å². The van der Waals surface area contributed by atoms with E-state index in [0.29, 0.717) is 5.82 Å². The molecule has 1 aromatic heterocycles. The van der Waals surface area contributed by atoms with E-state index in [-0.39, 0.29) is 24.3 Å². The Kier molecular flexibility index (Phi) is 6.17. The van der Waals surface area contributed by atoms with Crippen LogP contribution >= 0.6 is 0 Å². The molecule has 0 saturated heterocycles. The fourth-order valence-corrected chi connectivity index (χ4v) is 2.88. The van der Waals surface area contributed by atoms with Gasteiger partial charge in [-0.2, -0.15) is 0 Å². The summed E-state index contributed by atoms with van der Waals surface area (Å²) < 4.78 is 5.48. The van der Waals surface area contributed by atoms with Crippen molar-refractivity contribution >= 4 is 11.8 Å². The number of H-pyrrole nitrogens is 1. The van der Waals surface area contributed by atoms with Gasteiger partial charge in [0.05, 0.1) is 5.41 Å². The molecule has 0 bridgehead atoms. The number of imidazole rings is 1. The molecule has 0 radical (unpaired) electrons. The molecule has 152 valence electrons. The Hall–Kier alpha value is -2.43. The molecule has 1 heterocycles. The quantitative estimate of drug-likeness (QED) is 0.569. The SMILES string of the molecule is Cc1c(COC(=O)C(C)(C)C)cccc1C(C)c1cnc(C(=O)C(C)(C)C)[nH]1. The lowest BCUT2D eigenvalue weighted by molar-refractivity contribution is -0.154. The zero-order chi connectivity index (χ0) is 21.3. The molecule has 2 rings (SSSR count). The molecular formula is C23H32N2O3. The molecule has 0 spiro atoms. The van der Waals surface area contributed by atoms with E-state index in [9.17, 15) is 9.59 Å². The molecule has 1 atom stereocenters. The number of ketones is 1. The zero-order valence-corrected chi connectivity index (χ0v) is 18.3. The number of aromatic nitrogens is 2. The van der Waals surface area contributed by atoms with Crippen molar-refractivity contribution in [3.63, 3.8) is 0 Å². The van der Waals surface area contributed by atoms with Crippen LogP contribution in [0.25, 0.3) is 0 Å². The summed E-state index contributed by atoms with van der Waals surface area (Å²) in [6.45, 7) is 15.5. The Balaban J connectivity index is 2.23. The minimum atomic E-state index is -0.523. The molecule has 5 heteroatoms. The highest BCUT2D eigenvalue weighted by Gasteiger charge is 2.27. The third-order valence-corrected chi connectivity index (χ3v) is 4.88. The highest BCUT2D eigenvalue weighted by Crippen LogP contribution is 2.29. The average Bonchev–Trinajstić information content (AvgIpc) is 3.07. The number of aromatic amines is 1. The van der Waals surface area contributed by atoms with E-state index in [4.69, 9.17) is 4.74 Å². The summed E-state index contributed by atoms with van der Waals surface area (Å²) in [4.78, 5) is 32.0. The number of ether oxygens (including phenoxy) is 1. The van der Waals surface area contributed by atoms with Crippen LogP contribution in [0.3, 0.4) is 0 Å². The minimum absolute atomic E-state index is 0.00878. The molecule has 1 unspecified atom stereocenters. The number of carbonyl (C=O) groups excluding carboxylic acids is 2. The predicted octanol–water partition coefficient (Wildman–Crippen LogP) is 5.19. The van der Waals surface area contributed by atoms with Gasteiger partial charge in [-0.15, -0.1) is 0 Å². The molecule has 0 fully saturated rings. The summed E-state index contributed by atoms with van der Waals surface area (Å²) >= 11 is 0. The van der Waals surface area contributed by atoms with Crippen molar-refractivity contribution in [1.82, 2.24) is 9.97 Å². The summed E-state index contributed by atoms with van der Waals surface area (Å²) in [7, 11) is 0. The number of hydrogen-bond donors (Lipinski definition) is 1. The van der Waals surface area contributed by atoms with Crippen molar-refractivity contribution in [2.45, 2.75) is 67.9 Å². The first-order chi connectivity index (χ1) is 12.8. The van der Waals surface area contributed by atoms with Crippen LogP contribution in [-0.4, -0.2) is 21.7 Å². The fraction of sp³-hybridized carbons (Fsp3) is 0.522. The second kappa shape index (κ2) is 7.90. The van der Waals surface area contributed by atoms with Crippen molar-refractivity contribution in [1.29, 1.82) is 0 Å². The molecular weight excluding hydrogens is 352 g/mol. The molecule has 0 aliphatic carbocycles. The smallest absolute Gasteiger partial charge is 0.311 e. The molecule has 28 heavy (non-hydrogen) atoms. The standard InChI is InChI=1S/C23H32N2O3/c1-14-16(13-28-21(27)23(6,7)8)10-9-11-17(14)15(2)18-12-24-20(25-18)19(26)22(3,4)5/h9-12,15H,13H2,1-8H3,(H,24,25). The number of benzene rings is 1. The maximum absolute atomic E-state index is 12.4. The van der Waals surface area contributed by atoms with Gasteiger partial charge < -0.3 is 9.72 Å². The molecule has 0 aliphatic rings. The first-order valence-corrected chi connectivity index (χ1v) is 9.67. The van der Waals surface area contributed by atoms with Crippen LogP contribution in [-0.2, 0) is 16.1 Å². The van der Waals surface area contributed by atoms with Gasteiger partial charge in [0.1, 0.15) is 6.61 Å². The largest absolute Gasteiger partial charge is 0.460 e. The van der Waals surface area contributed by atoms with Crippen LogP contribution in [0.1, 0.15) is 87.4 Å². The van der Waals surface area contributed by atoms with Gasteiger partial charge in [0.15, 0.2) is 5.82 Å². The number of Topliss-reactive ketones (excluding diaryl/α,β-unsaturated/α-hetero) is 1. The minimum Gasteiger partial charge on any atom is -0.460 e. The topological polar surface area (TPSA) is 72.0 Å². The maximum Gasteiger partial charge on any atom is 0.311 e. The molecule has 1 N–H and O–H groups in total. The second-order valence-electron chi connectivity index (χ2n) is 9.45. The van der Waals surface area contributed by atoms with Crippen molar-refractivity contribution in [3.05, 3.63) is 52.6 Å². The Morgan fingerprint density at radius 2 is 1.75 bits per heavy atom. The number of carbonyl (C=O) groups is 2. The van der Waals surface area contributed by atoms with E-state index in [0.717, 1.165) is 22.4 Å². The lowest BCUT2D eigenvalue weighted by Crippen LogP contribution is -2.23. The van der Waals surface area contributed by atoms with Gasteiger partial charge in [0, 0.05) is 23.2 Å². The number of hydrogen-bond acceptors (Lipinski definition) is 4. The van der Waals surface area contributed by atoms with E-state index < -0.39 is 10.8 Å². The Morgan fingerprint density at radius 1 is 1.11 bits per heavy atom. The summed E-state index contributed by atoms with van der Waals surface area (Å²) in [5.74, 6) is 0.198. The molecule has 0 saturated carbocycles. The normalized spacial score (nSPS) is 13.3.